The molecule has 8 heteroatoms. The molecule has 0 saturated carbocycles. The quantitative estimate of drug-likeness (QED) is 0.791. The average Bonchev–Trinajstić information content (AvgIpc) is 3.35. The molecular weight excluding hydrogens is 325 g/mol. The lowest BCUT2D eigenvalue weighted by atomic mass is 10.1. The molecule has 1 aliphatic rings. The number of hydrogen-bond donors (Lipinski definition) is 1. The van der Waals surface area contributed by atoms with Gasteiger partial charge >= 0.3 is 0 Å². The number of amides is 1. The van der Waals surface area contributed by atoms with Crippen LogP contribution in [0.25, 0.3) is 11.3 Å². The summed E-state index contributed by atoms with van der Waals surface area (Å²) in [6.07, 6.45) is 2.28. The van der Waals surface area contributed by atoms with Crippen molar-refractivity contribution in [3.8, 4) is 11.3 Å². The van der Waals surface area contributed by atoms with E-state index >= 15 is 0 Å². The standard InChI is InChI=1S/C17H16FN5O2/c1-10-20-16(25-22-10)12-6-7-23(9-12)17(24)14-8-19-21-15(14)11-2-4-13(18)5-3-11/h2-5,8,12H,6-7,9H2,1H3,(H,19,21)/t12-/m0/s1. The first kappa shape index (κ1) is 15.5. The van der Waals surface area contributed by atoms with Crippen LogP contribution in [0.2, 0.25) is 0 Å². The van der Waals surface area contributed by atoms with Crippen molar-refractivity contribution in [2.24, 2.45) is 0 Å². The molecule has 1 fully saturated rings. The Bertz CT molecular complexity index is 902. The fourth-order valence-electron chi connectivity index (χ4n) is 3.08. The first-order chi connectivity index (χ1) is 12.1. The molecule has 4 rings (SSSR count). The van der Waals surface area contributed by atoms with E-state index in [1.165, 1.54) is 18.3 Å². The molecule has 128 valence electrons. The summed E-state index contributed by atoms with van der Waals surface area (Å²) in [5.41, 5.74) is 1.77. The first-order valence-corrected chi connectivity index (χ1v) is 8.00. The highest BCUT2D eigenvalue weighted by Gasteiger charge is 2.32. The van der Waals surface area contributed by atoms with E-state index in [-0.39, 0.29) is 17.6 Å². The van der Waals surface area contributed by atoms with Crippen molar-refractivity contribution in [2.45, 2.75) is 19.3 Å². The van der Waals surface area contributed by atoms with Gasteiger partial charge in [-0.1, -0.05) is 5.16 Å². The molecule has 25 heavy (non-hydrogen) atoms. The molecule has 1 aromatic carbocycles. The van der Waals surface area contributed by atoms with Crippen LogP contribution in [-0.4, -0.2) is 44.2 Å². The minimum Gasteiger partial charge on any atom is -0.339 e. The van der Waals surface area contributed by atoms with Crippen LogP contribution in [0.5, 0.6) is 0 Å². The zero-order valence-electron chi connectivity index (χ0n) is 13.6. The molecule has 1 amide bonds. The normalized spacial score (nSPS) is 17.2. The third-order valence-corrected chi connectivity index (χ3v) is 4.37. The second kappa shape index (κ2) is 6.12. The minimum absolute atomic E-state index is 0.0475. The second-order valence-corrected chi connectivity index (χ2v) is 6.08. The number of likely N-dealkylation sites (tertiary alicyclic amines) is 1. The largest absolute Gasteiger partial charge is 0.339 e. The number of rotatable bonds is 3. The molecule has 1 aliphatic heterocycles. The molecule has 1 atom stereocenters. The number of aryl methyl sites for hydroxylation is 1. The molecule has 0 unspecified atom stereocenters. The highest BCUT2D eigenvalue weighted by atomic mass is 19.1. The molecule has 0 bridgehead atoms. The summed E-state index contributed by atoms with van der Waals surface area (Å²) in [6, 6.07) is 5.95. The molecule has 3 heterocycles. The molecular formula is C17H16FN5O2. The third kappa shape index (κ3) is 2.90. The van der Waals surface area contributed by atoms with Gasteiger partial charge in [0.15, 0.2) is 5.82 Å². The fraction of sp³-hybridized carbons (Fsp3) is 0.294. The van der Waals surface area contributed by atoms with Gasteiger partial charge in [0, 0.05) is 18.7 Å². The lowest BCUT2D eigenvalue weighted by Crippen LogP contribution is -2.28. The van der Waals surface area contributed by atoms with Gasteiger partial charge in [-0.3, -0.25) is 9.89 Å². The number of benzene rings is 1. The van der Waals surface area contributed by atoms with Gasteiger partial charge in [-0.2, -0.15) is 10.1 Å². The van der Waals surface area contributed by atoms with Gasteiger partial charge in [-0.15, -0.1) is 0 Å². The van der Waals surface area contributed by atoms with E-state index in [1.54, 1.807) is 24.0 Å². The number of carbonyl (C=O) groups is 1. The molecule has 0 radical (unpaired) electrons. The van der Waals surface area contributed by atoms with Crippen LogP contribution in [0.4, 0.5) is 4.39 Å². The number of H-pyrrole nitrogens is 1. The van der Waals surface area contributed by atoms with Gasteiger partial charge in [0.05, 0.1) is 23.4 Å². The van der Waals surface area contributed by atoms with Gasteiger partial charge in [-0.25, -0.2) is 4.39 Å². The van der Waals surface area contributed by atoms with E-state index in [0.717, 1.165) is 6.42 Å². The Balaban J connectivity index is 1.54. The zero-order valence-corrected chi connectivity index (χ0v) is 13.6. The summed E-state index contributed by atoms with van der Waals surface area (Å²) in [5, 5.41) is 10.6. The first-order valence-electron chi connectivity index (χ1n) is 8.00. The molecule has 2 aromatic heterocycles. The highest BCUT2D eigenvalue weighted by Crippen LogP contribution is 2.29. The van der Waals surface area contributed by atoms with Crippen molar-refractivity contribution < 1.29 is 13.7 Å². The minimum atomic E-state index is -0.326. The number of halogens is 1. The predicted molar refractivity (Wildman–Crippen MR) is 86.3 cm³/mol. The van der Waals surface area contributed by atoms with Crippen molar-refractivity contribution in [3.63, 3.8) is 0 Å². The number of aromatic nitrogens is 4. The van der Waals surface area contributed by atoms with Crippen molar-refractivity contribution in [1.29, 1.82) is 0 Å². The zero-order chi connectivity index (χ0) is 17.4. The topological polar surface area (TPSA) is 87.9 Å². The van der Waals surface area contributed by atoms with Crippen molar-refractivity contribution in [2.75, 3.05) is 13.1 Å². The maximum Gasteiger partial charge on any atom is 0.257 e. The maximum absolute atomic E-state index is 13.1. The monoisotopic (exact) mass is 341 g/mol. The molecule has 7 nitrogen and oxygen atoms in total. The van der Waals surface area contributed by atoms with Crippen LogP contribution in [0.3, 0.4) is 0 Å². The summed E-state index contributed by atoms with van der Waals surface area (Å²) in [5.74, 6) is 0.762. The fourth-order valence-corrected chi connectivity index (χ4v) is 3.08. The molecule has 1 N–H and O–H groups in total. The SMILES string of the molecule is Cc1noc([C@H]2CCN(C(=O)c3cn[nH]c3-c3ccc(F)cc3)C2)n1. The van der Waals surface area contributed by atoms with E-state index in [2.05, 4.69) is 20.3 Å². The second-order valence-electron chi connectivity index (χ2n) is 6.08. The van der Waals surface area contributed by atoms with Crippen LogP contribution in [0.15, 0.2) is 35.0 Å². The Kier molecular flexibility index (Phi) is 3.79. The van der Waals surface area contributed by atoms with Crippen molar-refractivity contribution >= 4 is 5.91 Å². The van der Waals surface area contributed by atoms with E-state index in [1.807, 2.05) is 0 Å². The predicted octanol–water partition coefficient (Wildman–Crippen LogP) is 2.54. The summed E-state index contributed by atoms with van der Waals surface area (Å²) in [7, 11) is 0. The van der Waals surface area contributed by atoms with E-state index < -0.39 is 0 Å². The Morgan fingerprint density at radius 2 is 2.16 bits per heavy atom. The van der Waals surface area contributed by atoms with Gasteiger partial charge < -0.3 is 9.42 Å². The van der Waals surface area contributed by atoms with Crippen LogP contribution in [-0.2, 0) is 0 Å². The van der Waals surface area contributed by atoms with E-state index in [0.29, 0.717) is 41.6 Å². The summed E-state index contributed by atoms with van der Waals surface area (Å²) in [4.78, 5) is 18.9. The summed E-state index contributed by atoms with van der Waals surface area (Å²) in [6.45, 7) is 2.90. The van der Waals surface area contributed by atoms with E-state index in [4.69, 9.17) is 4.52 Å². The molecule has 1 saturated heterocycles. The van der Waals surface area contributed by atoms with Crippen LogP contribution < -0.4 is 0 Å². The number of aromatic amines is 1. The van der Waals surface area contributed by atoms with Gasteiger partial charge in [-0.05, 0) is 37.6 Å². The van der Waals surface area contributed by atoms with Gasteiger partial charge in [0.2, 0.25) is 5.89 Å². The number of carbonyl (C=O) groups excluding carboxylic acids is 1. The van der Waals surface area contributed by atoms with Gasteiger partial charge in [0.1, 0.15) is 5.82 Å². The number of nitrogens with one attached hydrogen (secondary N) is 1. The Labute approximate surface area is 142 Å². The van der Waals surface area contributed by atoms with Gasteiger partial charge in [0.25, 0.3) is 5.91 Å². The molecule has 0 aliphatic carbocycles. The number of hydrogen-bond acceptors (Lipinski definition) is 5. The Hall–Kier alpha value is -3.03. The average molecular weight is 341 g/mol. The lowest BCUT2D eigenvalue weighted by Gasteiger charge is -2.15. The molecule has 3 aromatic rings. The summed E-state index contributed by atoms with van der Waals surface area (Å²) >= 11 is 0. The van der Waals surface area contributed by atoms with Crippen LogP contribution >= 0.6 is 0 Å². The van der Waals surface area contributed by atoms with Crippen LogP contribution in [0, 0.1) is 12.7 Å². The van der Waals surface area contributed by atoms with Crippen molar-refractivity contribution in [3.05, 3.63) is 53.6 Å². The van der Waals surface area contributed by atoms with E-state index in [9.17, 15) is 9.18 Å². The smallest absolute Gasteiger partial charge is 0.257 e. The maximum atomic E-state index is 13.1. The molecule has 0 spiro atoms. The number of nitrogens with zero attached hydrogens (tertiary/aromatic N) is 4. The Morgan fingerprint density at radius 1 is 1.36 bits per heavy atom. The highest BCUT2D eigenvalue weighted by molar-refractivity contribution is 5.99. The summed E-state index contributed by atoms with van der Waals surface area (Å²) < 4.78 is 18.3. The third-order valence-electron chi connectivity index (χ3n) is 4.37. The lowest BCUT2D eigenvalue weighted by molar-refractivity contribution is 0.0790. The van der Waals surface area contributed by atoms with Crippen LogP contribution in [0.1, 0.15) is 34.4 Å². The van der Waals surface area contributed by atoms with Crippen molar-refractivity contribution in [1.82, 2.24) is 25.2 Å². The Morgan fingerprint density at radius 3 is 2.88 bits per heavy atom.